The fraction of sp³-hybridized carbons (Fsp3) is 0.917. The van der Waals surface area contributed by atoms with Crippen molar-refractivity contribution in [3.8, 4) is 0 Å². The monoisotopic (exact) mass is 368 g/mol. The van der Waals surface area contributed by atoms with Crippen molar-refractivity contribution in [2.45, 2.75) is 32.5 Å². The predicted molar refractivity (Wildman–Crippen MR) is 72.4 cm³/mol. The number of ketones is 1. The van der Waals surface area contributed by atoms with E-state index in [1.54, 1.807) is 0 Å². The van der Waals surface area contributed by atoms with Crippen LogP contribution < -0.4 is 0 Å². The van der Waals surface area contributed by atoms with Crippen molar-refractivity contribution in [2.24, 2.45) is 16.7 Å². The number of hydrogen-bond donors (Lipinski definition) is 1. The number of fused-ring (bicyclic) bond motifs is 2. The van der Waals surface area contributed by atoms with Gasteiger partial charge >= 0.3 is 0 Å². The molecule has 3 nitrogen and oxygen atoms in total. The number of aliphatic hydroxyl groups is 1. The molecule has 2 rings (SSSR count). The summed E-state index contributed by atoms with van der Waals surface area (Å²) in [5, 5.41) is 11.9. The van der Waals surface area contributed by atoms with Crippen molar-refractivity contribution in [3.63, 3.8) is 0 Å². The zero-order valence-corrected chi connectivity index (χ0v) is 13.3. The summed E-state index contributed by atoms with van der Waals surface area (Å²) in [6, 6.07) is 0. The molecular formula is C12H18Br2O3. The summed E-state index contributed by atoms with van der Waals surface area (Å²) in [4.78, 5) is 12.6. The maximum atomic E-state index is 12.6. The van der Waals surface area contributed by atoms with Crippen LogP contribution in [0.2, 0.25) is 0 Å². The van der Waals surface area contributed by atoms with E-state index < -0.39 is 11.2 Å². The number of ether oxygens (including phenoxy) is 1. The molecule has 2 aliphatic carbocycles. The van der Waals surface area contributed by atoms with Crippen molar-refractivity contribution < 1.29 is 14.6 Å². The van der Waals surface area contributed by atoms with Crippen molar-refractivity contribution in [1.29, 1.82) is 0 Å². The fourth-order valence-corrected chi connectivity index (χ4v) is 5.82. The van der Waals surface area contributed by atoms with Gasteiger partial charge in [0.2, 0.25) is 5.79 Å². The number of halogens is 2. The standard InChI is InChI=1S/C12H18Br2O3/c1-3-17-12(16)8-4-5-11(7-14,9(12)15)10(8,2)6-13/h8,16H,3-7H2,1-2H3. The summed E-state index contributed by atoms with van der Waals surface area (Å²) in [5.41, 5.74) is -0.734. The Hall–Kier alpha value is 0.550. The van der Waals surface area contributed by atoms with Gasteiger partial charge in [0.05, 0.1) is 5.41 Å². The Morgan fingerprint density at radius 2 is 2.12 bits per heavy atom. The largest absolute Gasteiger partial charge is 0.359 e. The van der Waals surface area contributed by atoms with Gasteiger partial charge in [0.25, 0.3) is 0 Å². The third-order valence-electron chi connectivity index (χ3n) is 4.82. The molecule has 0 saturated heterocycles. The van der Waals surface area contributed by atoms with Gasteiger partial charge < -0.3 is 9.84 Å². The van der Waals surface area contributed by atoms with Gasteiger partial charge in [-0.25, -0.2) is 0 Å². The third-order valence-corrected chi connectivity index (χ3v) is 6.95. The maximum absolute atomic E-state index is 12.6. The molecule has 0 spiro atoms. The molecule has 98 valence electrons. The van der Waals surface area contributed by atoms with Gasteiger partial charge in [0, 0.05) is 23.2 Å². The van der Waals surface area contributed by atoms with Crippen molar-refractivity contribution in [3.05, 3.63) is 0 Å². The Morgan fingerprint density at radius 3 is 2.53 bits per heavy atom. The molecule has 0 aromatic carbocycles. The van der Waals surface area contributed by atoms with E-state index in [4.69, 9.17) is 4.74 Å². The SMILES string of the molecule is CCOC1(O)C(=O)C2(CBr)CCC1C2(C)CBr. The summed E-state index contributed by atoms with van der Waals surface area (Å²) in [6.45, 7) is 4.24. The average molecular weight is 370 g/mol. The number of rotatable bonds is 4. The van der Waals surface area contributed by atoms with Gasteiger partial charge in [-0.15, -0.1) is 0 Å². The second kappa shape index (κ2) is 4.29. The lowest BCUT2D eigenvalue weighted by atomic mass is 9.70. The molecule has 0 radical (unpaired) electrons. The molecule has 0 aromatic heterocycles. The minimum absolute atomic E-state index is 0.112. The fourth-order valence-electron chi connectivity index (χ4n) is 3.72. The molecular weight excluding hydrogens is 352 g/mol. The molecule has 2 aliphatic rings. The van der Waals surface area contributed by atoms with Crippen LogP contribution in [0.3, 0.4) is 0 Å². The highest BCUT2D eigenvalue weighted by molar-refractivity contribution is 9.09. The zero-order chi connectivity index (χ0) is 12.9. The molecule has 2 bridgehead atoms. The van der Waals surface area contributed by atoms with Crippen LogP contribution in [0.25, 0.3) is 0 Å². The van der Waals surface area contributed by atoms with Gasteiger partial charge in [-0.1, -0.05) is 38.8 Å². The van der Waals surface area contributed by atoms with Crippen LogP contribution in [-0.4, -0.2) is 33.9 Å². The first-order valence-electron chi connectivity index (χ1n) is 5.96. The second-order valence-corrected chi connectivity index (χ2v) is 6.44. The summed E-state index contributed by atoms with van der Waals surface area (Å²) < 4.78 is 5.42. The molecule has 0 amide bonds. The Labute approximate surface area is 119 Å². The highest BCUT2D eigenvalue weighted by Crippen LogP contribution is 2.68. The average Bonchev–Trinajstić information content (AvgIpc) is 2.68. The lowest BCUT2D eigenvalue weighted by Gasteiger charge is -2.35. The number of alkyl halides is 2. The highest BCUT2D eigenvalue weighted by atomic mass is 79.9. The van der Waals surface area contributed by atoms with Crippen LogP contribution in [0.5, 0.6) is 0 Å². The molecule has 5 heteroatoms. The minimum atomic E-state index is -1.58. The number of Topliss-reactive ketones (excluding diaryl/α,β-unsaturated/α-hetero) is 1. The van der Waals surface area contributed by atoms with E-state index in [9.17, 15) is 9.90 Å². The number of carbonyl (C=O) groups is 1. The Bertz CT molecular complexity index is 349. The number of hydrogen-bond acceptors (Lipinski definition) is 3. The first kappa shape index (κ1) is 14.0. The molecule has 2 fully saturated rings. The second-order valence-electron chi connectivity index (χ2n) is 5.32. The lowest BCUT2D eigenvalue weighted by Crippen LogP contribution is -2.49. The molecule has 4 unspecified atom stereocenters. The van der Waals surface area contributed by atoms with Gasteiger partial charge in [0.1, 0.15) is 0 Å². The summed E-state index contributed by atoms with van der Waals surface area (Å²) in [6.07, 6.45) is 1.68. The van der Waals surface area contributed by atoms with Crippen LogP contribution in [0.1, 0.15) is 26.7 Å². The zero-order valence-electron chi connectivity index (χ0n) is 10.1. The van der Waals surface area contributed by atoms with E-state index in [0.717, 1.165) is 12.8 Å². The summed E-state index contributed by atoms with van der Waals surface area (Å²) >= 11 is 6.99. The smallest absolute Gasteiger partial charge is 0.230 e. The summed E-state index contributed by atoms with van der Waals surface area (Å²) in [7, 11) is 0. The van der Waals surface area contributed by atoms with Crippen LogP contribution in [0.15, 0.2) is 0 Å². The van der Waals surface area contributed by atoms with Crippen molar-refractivity contribution in [1.82, 2.24) is 0 Å². The minimum Gasteiger partial charge on any atom is -0.359 e. The van der Waals surface area contributed by atoms with Crippen molar-refractivity contribution >= 4 is 37.6 Å². The topological polar surface area (TPSA) is 46.5 Å². The highest BCUT2D eigenvalue weighted by Gasteiger charge is 2.76. The molecule has 0 heterocycles. The maximum Gasteiger partial charge on any atom is 0.230 e. The van der Waals surface area contributed by atoms with E-state index >= 15 is 0 Å². The van der Waals surface area contributed by atoms with Gasteiger partial charge in [-0.3, -0.25) is 4.79 Å². The quantitative estimate of drug-likeness (QED) is 0.611. The number of carbonyl (C=O) groups excluding carboxylic acids is 1. The van der Waals surface area contributed by atoms with E-state index in [1.165, 1.54) is 0 Å². The Kier molecular flexibility index (Phi) is 3.52. The normalized spacial score (nSPS) is 49.0. The first-order chi connectivity index (χ1) is 7.93. The van der Waals surface area contributed by atoms with Gasteiger partial charge in [-0.2, -0.15) is 0 Å². The van der Waals surface area contributed by atoms with Gasteiger partial charge in [-0.05, 0) is 25.2 Å². The Balaban J connectivity index is 2.51. The van der Waals surface area contributed by atoms with E-state index in [-0.39, 0.29) is 17.1 Å². The molecule has 0 aliphatic heterocycles. The van der Waals surface area contributed by atoms with Crippen LogP contribution in [0.4, 0.5) is 0 Å². The third kappa shape index (κ3) is 1.43. The predicted octanol–water partition coefficient (Wildman–Crippen LogP) is 2.49. The van der Waals surface area contributed by atoms with Crippen molar-refractivity contribution in [2.75, 3.05) is 17.3 Å². The lowest BCUT2D eigenvalue weighted by molar-refractivity contribution is -0.225. The molecule has 1 N–H and O–H groups in total. The summed E-state index contributed by atoms with van der Waals surface area (Å²) in [5.74, 6) is -1.83. The molecule has 2 saturated carbocycles. The molecule has 17 heavy (non-hydrogen) atoms. The van der Waals surface area contributed by atoms with Gasteiger partial charge in [0.15, 0.2) is 5.78 Å². The first-order valence-corrected chi connectivity index (χ1v) is 8.20. The van der Waals surface area contributed by atoms with Crippen LogP contribution >= 0.6 is 31.9 Å². The van der Waals surface area contributed by atoms with Crippen LogP contribution in [-0.2, 0) is 9.53 Å². The van der Waals surface area contributed by atoms with Crippen LogP contribution in [0, 0.1) is 16.7 Å². The van der Waals surface area contributed by atoms with E-state index in [2.05, 4.69) is 38.8 Å². The Morgan fingerprint density at radius 1 is 1.47 bits per heavy atom. The van der Waals surface area contributed by atoms with E-state index in [0.29, 0.717) is 17.3 Å². The molecule has 0 aromatic rings. The van der Waals surface area contributed by atoms with E-state index in [1.807, 2.05) is 6.92 Å². The molecule has 4 atom stereocenters.